The van der Waals surface area contributed by atoms with E-state index in [1.54, 1.807) is 4.90 Å². The Morgan fingerprint density at radius 1 is 1.36 bits per heavy atom. The van der Waals surface area contributed by atoms with Crippen molar-refractivity contribution in [2.45, 2.75) is 53.0 Å². The van der Waals surface area contributed by atoms with Gasteiger partial charge in [0.15, 0.2) is 0 Å². The predicted octanol–water partition coefficient (Wildman–Crippen LogP) is 3.14. The van der Waals surface area contributed by atoms with Crippen LogP contribution in [-0.2, 0) is 16.0 Å². The van der Waals surface area contributed by atoms with E-state index in [0.29, 0.717) is 25.3 Å². The van der Waals surface area contributed by atoms with Crippen molar-refractivity contribution in [1.82, 2.24) is 4.90 Å². The summed E-state index contributed by atoms with van der Waals surface area (Å²) in [5.41, 5.74) is 3.09. The molecule has 1 atom stereocenters. The van der Waals surface area contributed by atoms with E-state index in [4.69, 9.17) is 0 Å². The van der Waals surface area contributed by atoms with Crippen LogP contribution in [0.4, 0.5) is 5.69 Å². The van der Waals surface area contributed by atoms with Crippen molar-refractivity contribution >= 4 is 17.5 Å². The minimum Gasteiger partial charge on any atom is -0.330 e. The molecule has 1 aliphatic heterocycles. The predicted molar refractivity (Wildman–Crippen MR) is 88.8 cm³/mol. The topological polar surface area (TPSA) is 49.4 Å². The number of β-lactam (4-membered cyclic amide) rings is 1. The van der Waals surface area contributed by atoms with Gasteiger partial charge in [0.1, 0.15) is 6.04 Å². The number of carbonyl (C=O) groups is 2. The highest BCUT2D eigenvalue weighted by Crippen LogP contribution is 2.24. The Balaban J connectivity index is 2.19. The Morgan fingerprint density at radius 3 is 2.59 bits per heavy atom. The summed E-state index contributed by atoms with van der Waals surface area (Å²) >= 11 is 0. The molecule has 0 unspecified atom stereocenters. The molecule has 1 aromatic rings. The van der Waals surface area contributed by atoms with Gasteiger partial charge in [-0.3, -0.25) is 9.59 Å². The lowest BCUT2D eigenvalue weighted by Crippen LogP contribution is -2.55. The molecule has 0 aliphatic carbocycles. The van der Waals surface area contributed by atoms with Crippen molar-refractivity contribution in [2.24, 2.45) is 5.92 Å². The lowest BCUT2D eigenvalue weighted by atomic mass is 9.97. The molecule has 2 rings (SSSR count). The largest absolute Gasteiger partial charge is 0.330 e. The number of aryl methyl sites for hydroxylation is 2. The average Bonchev–Trinajstić information content (AvgIpc) is 2.46. The Morgan fingerprint density at radius 2 is 2.09 bits per heavy atom. The van der Waals surface area contributed by atoms with Crippen LogP contribution in [-0.4, -0.2) is 29.3 Å². The zero-order valence-corrected chi connectivity index (χ0v) is 14.0. The van der Waals surface area contributed by atoms with Gasteiger partial charge in [-0.2, -0.15) is 0 Å². The Bertz CT molecular complexity index is 566. The van der Waals surface area contributed by atoms with E-state index in [9.17, 15) is 9.59 Å². The van der Waals surface area contributed by atoms with Crippen LogP contribution in [0.1, 0.15) is 44.7 Å². The van der Waals surface area contributed by atoms with Crippen molar-refractivity contribution in [1.29, 1.82) is 0 Å². The molecule has 4 nitrogen and oxygen atoms in total. The summed E-state index contributed by atoms with van der Waals surface area (Å²) in [6.07, 6.45) is 2.13. The number of anilines is 1. The summed E-state index contributed by atoms with van der Waals surface area (Å²) < 4.78 is 0. The number of nitrogens with zero attached hydrogens (tertiary/aromatic N) is 1. The highest BCUT2D eigenvalue weighted by molar-refractivity contribution is 5.99. The van der Waals surface area contributed by atoms with Crippen molar-refractivity contribution in [2.75, 3.05) is 11.9 Å². The molecule has 4 heteroatoms. The second kappa shape index (κ2) is 6.95. The minimum absolute atomic E-state index is 0.0641. The monoisotopic (exact) mass is 302 g/mol. The second-order valence-electron chi connectivity index (χ2n) is 6.43. The number of hydrogen-bond donors (Lipinski definition) is 1. The lowest BCUT2D eigenvalue weighted by molar-refractivity contribution is -0.147. The molecule has 1 N–H and O–H groups in total. The summed E-state index contributed by atoms with van der Waals surface area (Å²) in [6.45, 7) is 8.93. The first-order valence-electron chi connectivity index (χ1n) is 8.12. The lowest BCUT2D eigenvalue weighted by Gasteiger charge is -2.38. The normalized spacial score (nSPS) is 15.7. The van der Waals surface area contributed by atoms with Gasteiger partial charge in [-0.15, -0.1) is 0 Å². The number of rotatable bonds is 6. The van der Waals surface area contributed by atoms with E-state index in [1.807, 2.05) is 25.1 Å². The van der Waals surface area contributed by atoms with Crippen LogP contribution in [0.2, 0.25) is 0 Å². The van der Waals surface area contributed by atoms with E-state index in [1.165, 1.54) is 0 Å². The fourth-order valence-corrected chi connectivity index (χ4v) is 2.89. The molecule has 120 valence electrons. The number of para-hydroxylation sites is 1. The van der Waals surface area contributed by atoms with Gasteiger partial charge < -0.3 is 10.2 Å². The molecule has 1 fully saturated rings. The fourth-order valence-electron chi connectivity index (χ4n) is 2.89. The third-order valence-electron chi connectivity index (χ3n) is 4.25. The maximum absolute atomic E-state index is 12.7. The van der Waals surface area contributed by atoms with E-state index in [0.717, 1.165) is 23.2 Å². The van der Waals surface area contributed by atoms with Crippen molar-refractivity contribution in [3.05, 3.63) is 29.3 Å². The molecule has 0 bridgehead atoms. The maximum atomic E-state index is 12.7. The molecule has 0 saturated carbocycles. The number of carbonyl (C=O) groups excluding carboxylic acids is 2. The third kappa shape index (κ3) is 3.49. The molecule has 22 heavy (non-hydrogen) atoms. The van der Waals surface area contributed by atoms with Gasteiger partial charge in [0.2, 0.25) is 11.8 Å². The van der Waals surface area contributed by atoms with Gasteiger partial charge in [-0.25, -0.2) is 0 Å². The first kappa shape index (κ1) is 16.5. The number of hydrogen-bond acceptors (Lipinski definition) is 2. The molecular weight excluding hydrogens is 276 g/mol. The highest BCUT2D eigenvalue weighted by atomic mass is 16.2. The van der Waals surface area contributed by atoms with Gasteiger partial charge in [0.05, 0.1) is 0 Å². The second-order valence-corrected chi connectivity index (χ2v) is 6.43. The van der Waals surface area contributed by atoms with E-state index < -0.39 is 0 Å². The van der Waals surface area contributed by atoms with Crippen LogP contribution in [0.3, 0.4) is 0 Å². The fraction of sp³-hybridized carbons (Fsp3) is 0.556. The molecular formula is C18H26N2O2. The van der Waals surface area contributed by atoms with E-state index in [2.05, 4.69) is 26.1 Å². The van der Waals surface area contributed by atoms with Gasteiger partial charge in [-0.05, 0) is 36.8 Å². The molecule has 0 radical (unpaired) electrons. The van der Waals surface area contributed by atoms with Crippen LogP contribution in [0.5, 0.6) is 0 Å². The molecule has 2 amide bonds. The standard InChI is InChI=1S/C18H26N2O2/c1-5-14-8-6-7-13(4)17(14)19-18(22)15(11-12(2)3)20-10-9-16(20)21/h6-8,12,15H,5,9-11H2,1-4H3,(H,19,22)/t15-/m1/s1. The number of amides is 2. The molecule has 0 aromatic heterocycles. The third-order valence-corrected chi connectivity index (χ3v) is 4.25. The van der Waals surface area contributed by atoms with Crippen LogP contribution >= 0.6 is 0 Å². The van der Waals surface area contributed by atoms with Gasteiger partial charge in [-0.1, -0.05) is 39.0 Å². The quantitative estimate of drug-likeness (QED) is 0.821. The zero-order valence-electron chi connectivity index (χ0n) is 14.0. The summed E-state index contributed by atoms with van der Waals surface area (Å²) in [4.78, 5) is 26.2. The maximum Gasteiger partial charge on any atom is 0.247 e. The van der Waals surface area contributed by atoms with Crippen LogP contribution < -0.4 is 5.32 Å². The molecule has 1 aliphatic rings. The van der Waals surface area contributed by atoms with Crippen LogP contribution in [0.15, 0.2) is 18.2 Å². The Kier molecular flexibility index (Phi) is 5.22. The summed E-state index contributed by atoms with van der Waals surface area (Å²) in [7, 11) is 0. The average molecular weight is 302 g/mol. The Hall–Kier alpha value is -1.84. The first-order chi connectivity index (χ1) is 10.4. The molecule has 1 saturated heterocycles. The molecule has 1 heterocycles. The summed E-state index contributed by atoms with van der Waals surface area (Å²) in [6, 6.07) is 5.69. The molecule has 0 spiro atoms. The van der Waals surface area contributed by atoms with Crippen LogP contribution in [0, 0.1) is 12.8 Å². The van der Waals surface area contributed by atoms with Crippen molar-refractivity contribution in [3.63, 3.8) is 0 Å². The van der Waals surface area contributed by atoms with E-state index >= 15 is 0 Å². The van der Waals surface area contributed by atoms with Gasteiger partial charge in [0.25, 0.3) is 0 Å². The zero-order chi connectivity index (χ0) is 16.3. The highest BCUT2D eigenvalue weighted by Gasteiger charge is 2.36. The molecule has 1 aromatic carbocycles. The number of likely N-dealkylation sites (tertiary alicyclic amines) is 1. The first-order valence-corrected chi connectivity index (χ1v) is 8.12. The van der Waals surface area contributed by atoms with Gasteiger partial charge >= 0.3 is 0 Å². The van der Waals surface area contributed by atoms with E-state index in [-0.39, 0.29) is 17.9 Å². The van der Waals surface area contributed by atoms with Crippen molar-refractivity contribution in [3.8, 4) is 0 Å². The van der Waals surface area contributed by atoms with Crippen LogP contribution in [0.25, 0.3) is 0 Å². The smallest absolute Gasteiger partial charge is 0.247 e. The summed E-state index contributed by atoms with van der Waals surface area (Å²) in [5, 5.41) is 3.07. The SMILES string of the molecule is CCc1cccc(C)c1NC(=O)[C@@H](CC(C)C)N1CCC1=O. The summed E-state index contributed by atoms with van der Waals surface area (Å²) in [5.74, 6) is 0.388. The number of benzene rings is 1. The minimum atomic E-state index is -0.356. The number of nitrogens with one attached hydrogen (secondary N) is 1. The van der Waals surface area contributed by atoms with Gasteiger partial charge in [0, 0.05) is 18.7 Å². The van der Waals surface area contributed by atoms with Crippen molar-refractivity contribution < 1.29 is 9.59 Å². The Labute approximate surface area is 132 Å².